The average molecular weight is 621 g/mol. The number of nitrogens with zero attached hydrogens (tertiary/aromatic N) is 3. The fraction of sp³-hybridized carbons (Fsp3) is 0.429. The highest BCUT2D eigenvalue weighted by Gasteiger charge is 2.35. The first kappa shape index (κ1) is 31.5. The van der Waals surface area contributed by atoms with E-state index in [1.54, 1.807) is 31.2 Å². The minimum absolute atomic E-state index is 0.0211. The minimum Gasteiger partial charge on any atom is -0.488 e. The number of aliphatic hydroxyl groups is 1. The minimum atomic E-state index is -4.09. The van der Waals surface area contributed by atoms with Gasteiger partial charge < -0.3 is 19.3 Å². The van der Waals surface area contributed by atoms with Gasteiger partial charge in [0.1, 0.15) is 17.5 Å². The third-order valence-corrected chi connectivity index (χ3v) is 10.8. The van der Waals surface area contributed by atoms with Crippen LogP contribution in [0, 0.1) is 26.7 Å². The van der Waals surface area contributed by atoms with E-state index in [0.29, 0.717) is 0 Å². The lowest BCUT2D eigenvalue weighted by Crippen LogP contribution is -2.50. The Kier molecular flexibility index (Phi) is 9.02. The number of hydrogen-bond donors (Lipinski definition) is 2. The van der Waals surface area contributed by atoms with Crippen molar-refractivity contribution >= 4 is 31.6 Å². The number of fused-ring (bicyclic) bond motifs is 1. The maximum atomic E-state index is 13.7. The Bertz CT molecular complexity index is 1650. The normalized spacial score (nSPS) is 18.7. The maximum absolute atomic E-state index is 13.7. The molecule has 0 saturated heterocycles. The summed E-state index contributed by atoms with van der Waals surface area (Å²) in [6.07, 6.45) is -0.680. The summed E-state index contributed by atoms with van der Waals surface area (Å²) in [6.45, 7) is 8.24. The molecule has 0 spiro atoms. The van der Waals surface area contributed by atoms with Crippen molar-refractivity contribution in [1.82, 2.24) is 14.4 Å². The lowest BCUT2D eigenvalue weighted by molar-refractivity contribution is 0.0387. The number of anilines is 1. The number of aliphatic hydroxyl groups excluding tert-OH is 1. The molecule has 2 heterocycles. The summed E-state index contributed by atoms with van der Waals surface area (Å²) >= 11 is 0. The Morgan fingerprint density at radius 3 is 2.38 bits per heavy atom. The quantitative estimate of drug-likeness (QED) is 0.367. The topological polar surface area (TPSA) is 159 Å². The number of carbonyl (C=O) groups is 1. The van der Waals surface area contributed by atoms with Gasteiger partial charge in [-0.05, 0) is 58.0 Å². The van der Waals surface area contributed by atoms with E-state index in [1.807, 2.05) is 13.8 Å². The fourth-order valence-electron chi connectivity index (χ4n) is 4.81. The van der Waals surface area contributed by atoms with Crippen LogP contribution in [0.25, 0.3) is 0 Å². The van der Waals surface area contributed by atoms with Gasteiger partial charge in [-0.1, -0.05) is 29.8 Å². The van der Waals surface area contributed by atoms with Crippen LogP contribution >= 0.6 is 0 Å². The van der Waals surface area contributed by atoms with Crippen molar-refractivity contribution in [1.29, 1.82) is 0 Å². The molecule has 3 aromatic rings. The molecule has 0 unspecified atom stereocenters. The van der Waals surface area contributed by atoms with Gasteiger partial charge in [-0.3, -0.25) is 9.52 Å². The highest BCUT2D eigenvalue weighted by Crippen LogP contribution is 2.32. The van der Waals surface area contributed by atoms with Gasteiger partial charge in [0, 0.05) is 25.2 Å². The monoisotopic (exact) mass is 620 g/mol. The first-order valence-electron chi connectivity index (χ1n) is 13.4. The summed E-state index contributed by atoms with van der Waals surface area (Å²) in [5, 5.41) is 13.6. The van der Waals surface area contributed by atoms with Gasteiger partial charge in [0.15, 0.2) is 10.7 Å². The Morgan fingerprint density at radius 1 is 1.12 bits per heavy atom. The number of aromatic nitrogens is 1. The summed E-state index contributed by atoms with van der Waals surface area (Å²) in [5.74, 6) is -0.511. The van der Waals surface area contributed by atoms with Crippen LogP contribution in [0.15, 0.2) is 56.8 Å². The molecule has 4 rings (SSSR count). The predicted molar refractivity (Wildman–Crippen MR) is 155 cm³/mol. The number of rotatable bonds is 9. The number of hydrogen-bond acceptors (Lipinski definition) is 9. The molecule has 1 aliphatic rings. The maximum Gasteiger partial charge on any atom is 0.267 e. The number of ether oxygens (including phenoxy) is 1. The summed E-state index contributed by atoms with van der Waals surface area (Å²) in [4.78, 5) is 15.3. The second kappa shape index (κ2) is 12.0. The third kappa shape index (κ3) is 6.31. The number of likely N-dealkylation sites (N-methyl/N-ethyl adjacent to an activating group) is 1. The predicted octanol–water partition coefficient (Wildman–Crippen LogP) is 2.94. The zero-order valence-electron chi connectivity index (χ0n) is 24.4. The highest BCUT2D eigenvalue weighted by atomic mass is 32.2. The summed E-state index contributed by atoms with van der Waals surface area (Å²) in [5.41, 5.74) is 1.29. The van der Waals surface area contributed by atoms with E-state index in [-0.39, 0.29) is 63.9 Å². The largest absolute Gasteiger partial charge is 0.488 e. The van der Waals surface area contributed by atoms with Gasteiger partial charge in [0.2, 0.25) is 10.0 Å². The zero-order chi connectivity index (χ0) is 31.0. The molecule has 42 heavy (non-hydrogen) atoms. The van der Waals surface area contributed by atoms with E-state index in [4.69, 9.17) is 9.26 Å². The molecular formula is C28H36N4O8S2. The molecule has 14 heteroatoms. The molecule has 2 aromatic carbocycles. The Labute approximate surface area is 246 Å². The Balaban J connectivity index is 1.69. The van der Waals surface area contributed by atoms with Gasteiger partial charge in [-0.2, -0.15) is 4.31 Å². The van der Waals surface area contributed by atoms with Crippen LogP contribution in [-0.2, 0) is 20.0 Å². The standard InChI is InChI=1S/C28H36N4O8S2/c1-17-7-10-23(11-8-17)42(37,38)31(6)15-26-18(2)14-32(19(3)16-33)28(34)24-13-22(9-12-25(24)39-26)30-41(35,36)27-20(4)29-40-21(27)5/h7-13,18-19,26,30,33H,14-16H2,1-6H3/t18-,19-,26-/m1/s1. The Hall–Kier alpha value is -3.46. The van der Waals surface area contributed by atoms with Crippen LogP contribution in [-0.4, -0.2) is 81.1 Å². The van der Waals surface area contributed by atoms with E-state index in [1.165, 1.54) is 48.3 Å². The molecule has 3 atom stereocenters. The lowest BCUT2D eigenvalue weighted by Gasteiger charge is -2.38. The molecule has 0 aliphatic carbocycles. The van der Waals surface area contributed by atoms with Crippen LogP contribution in [0.4, 0.5) is 5.69 Å². The van der Waals surface area contributed by atoms with E-state index in [0.717, 1.165) is 5.56 Å². The molecule has 0 fully saturated rings. The smallest absolute Gasteiger partial charge is 0.267 e. The Morgan fingerprint density at radius 2 is 1.79 bits per heavy atom. The van der Waals surface area contributed by atoms with Gasteiger partial charge in [0.25, 0.3) is 15.9 Å². The van der Waals surface area contributed by atoms with E-state index in [9.17, 15) is 26.7 Å². The van der Waals surface area contributed by atoms with Gasteiger partial charge in [-0.15, -0.1) is 0 Å². The second-order valence-electron chi connectivity index (χ2n) is 10.7. The van der Waals surface area contributed by atoms with Crippen LogP contribution in [0.2, 0.25) is 0 Å². The molecular weight excluding hydrogens is 584 g/mol. The van der Waals surface area contributed by atoms with E-state index >= 15 is 0 Å². The van der Waals surface area contributed by atoms with Crippen LogP contribution in [0.1, 0.15) is 41.2 Å². The number of nitrogens with one attached hydrogen (secondary N) is 1. The number of carbonyl (C=O) groups excluding carboxylic acids is 1. The highest BCUT2D eigenvalue weighted by molar-refractivity contribution is 7.92. The molecule has 1 amide bonds. The number of benzene rings is 2. The SMILES string of the molecule is Cc1ccc(S(=O)(=O)N(C)C[C@H]2Oc3ccc(NS(=O)(=O)c4c(C)noc4C)cc3C(=O)N([C@H](C)CO)C[C@H]2C)cc1. The van der Waals surface area contributed by atoms with E-state index in [2.05, 4.69) is 9.88 Å². The van der Waals surface area contributed by atoms with Crippen molar-refractivity contribution in [3.8, 4) is 5.75 Å². The van der Waals surface area contributed by atoms with Crippen molar-refractivity contribution in [3.63, 3.8) is 0 Å². The number of amides is 1. The van der Waals surface area contributed by atoms with Crippen LogP contribution in [0.5, 0.6) is 5.75 Å². The van der Waals surface area contributed by atoms with Gasteiger partial charge >= 0.3 is 0 Å². The molecule has 0 bridgehead atoms. The average Bonchev–Trinajstić information content (AvgIpc) is 3.28. The second-order valence-corrected chi connectivity index (χ2v) is 14.4. The summed E-state index contributed by atoms with van der Waals surface area (Å²) < 4.78 is 67.8. The summed E-state index contributed by atoms with van der Waals surface area (Å²) in [6, 6.07) is 10.3. The summed E-state index contributed by atoms with van der Waals surface area (Å²) in [7, 11) is -6.46. The molecule has 12 nitrogen and oxygen atoms in total. The van der Waals surface area contributed by atoms with Crippen molar-refractivity contribution < 1.29 is 36.0 Å². The van der Waals surface area contributed by atoms with Crippen molar-refractivity contribution in [3.05, 3.63) is 65.0 Å². The molecule has 2 N–H and O–H groups in total. The first-order chi connectivity index (χ1) is 19.6. The van der Waals surface area contributed by atoms with Crippen LogP contribution < -0.4 is 9.46 Å². The zero-order valence-corrected chi connectivity index (χ0v) is 26.0. The van der Waals surface area contributed by atoms with Crippen LogP contribution in [0.3, 0.4) is 0 Å². The van der Waals surface area contributed by atoms with Gasteiger partial charge in [0.05, 0.1) is 29.7 Å². The van der Waals surface area contributed by atoms with Crippen molar-refractivity contribution in [2.75, 3.05) is 31.5 Å². The third-order valence-electron chi connectivity index (χ3n) is 7.32. The lowest BCUT2D eigenvalue weighted by atomic mass is 9.99. The van der Waals surface area contributed by atoms with E-state index < -0.39 is 38.1 Å². The molecule has 228 valence electrons. The first-order valence-corrected chi connectivity index (χ1v) is 16.3. The molecule has 1 aliphatic heterocycles. The number of sulfonamides is 2. The number of aryl methyl sites for hydroxylation is 3. The molecule has 1 aromatic heterocycles. The van der Waals surface area contributed by atoms with Crippen molar-refractivity contribution in [2.24, 2.45) is 5.92 Å². The van der Waals surface area contributed by atoms with Crippen molar-refractivity contribution in [2.45, 2.75) is 56.6 Å². The molecule has 0 saturated carbocycles. The fourth-order valence-corrected chi connectivity index (χ4v) is 7.37. The van der Waals surface area contributed by atoms with Gasteiger partial charge in [-0.25, -0.2) is 16.8 Å². The molecule has 0 radical (unpaired) electrons.